The molecule has 1 N–H and O–H groups in total. The van der Waals surface area contributed by atoms with Crippen molar-refractivity contribution in [3.8, 4) is 0 Å². The third kappa shape index (κ3) is 8.82. The molecule has 0 aliphatic rings. The molecule has 6 heavy (non-hydrogen) atoms. The number of hydrogen-bond donors (Lipinski definition) is 1. The van der Waals surface area contributed by atoms with Gasteiger partial charge < -0.3 is 5.11 Å². The fourth-order valence-electron chi connectivity index (χ4n) is 0. The Morgan fingerprint density at radius 2 is 1.83 bits per heavy atom. The Balaban J connectivity index is 0. The summed E-state index contributed by atoms with van der Waals surface area (Å²) in [6.45, 7) is 3.73. The Labute approximate surface area is 50.9 Å². The monoisotopic (exact) mass is 82.1 g/mol. The van der Waals surface area contributed by atoms with Crippen LogP contribution >= 0.6 is 0 Å². The average Bonchev–Trinajstić information content (AvgIpc) is 1.38. The first-order chi connectivity index (χ1) is 2.27. The van der Waals surface area contributed by atoms with Crippen LogP contribution in [0.25, 0.3) is 0 Å². The number of hydrogen-bond acceptors (Lipinski definition) is 1. The van der Waals surface area contributed by atoms with E-state index in [1.54, 1.807) is 6.92 Å². The van der Waals surface area contributed by atoms with E-state index in [0.717, 1.165) is 6.42 Å². The van der Waals surface area contributed by atoms with Gasteiger partial charge in [0.2, 0.25) is 0 Å². The summed E-state index contributed by atoms with van der Waals surface area (Å²) in [4.78, 5) is 0. The zero-order valence-corrected chi connectivity index (χ0v) is 3.73. The summed E-state index contributed by atoms with van der Waals surface area (Å²) in [6, 6.07) is 0. The Morgan fingerprint density at radius 1 is 1.67 bits per heavy atom. The van der Waals surface area contributed by atoms with Gasteiger partial charge in [0.15, 0.2) is 0 Å². The van der Waals surface area contributed by atoms with Crippen molar-refractivity contribution >= 4 is 18.9 Å². The van der Waals surface area contributed by atoms with Crippen LogP contribution in [0.4, 0.5) is 0 Å². The van der Waals surface area contributed by atoms with Crippen molar-refractivity contribution in [1.29, 1.82) is 0 Å². The zero-order chi connectivity index (χ0) is 4.28. The maximum absolute atomic E-state index is 8.36. The molecule has 0 radical (unpaired) electrons. The molecule has 0 amide bonds. The van der Waals surface area contributed by atoms with Crippen molar-refractivity contribution in [1.82, 2.24) is 0 Å². The summed E-state index contributed by atoms with van der Waals surface area (Å²) in [5, 5.41) is 8.36. The second kappa shape index (κ2) is 5.56. The van der Waals surface area contributed by atoms with Crippen molar-refractivity contribution in [2.24, 2.45) is 0 Å². The first-order valence-corrected chi connectivity index (χ1v) is 1.95. The molecule has 2 heteroatoms. The van der Waals surface area contributed by atoms with Crippen LogP contribution in [-0.2, 0) is 0 Å². The van der Waals surface area contributed by atoms with E-state index in [1.165, 1.54) is 0 Å². The quantitative estimate of drug-likeness (QED) is 0.446. The molecule has 0 heterocycles. The predicted molar refractivity (Wildman–Crippen MR) is 29.1 cm³/mol. The molecule has 0 aromatic rings. The van der Waals surface area contributed by atoms with Crippen LogP contribution in [0.15, 0.2) is 0 Å². The summed E-state index contributed by atoms with van der Waals surface area (Å²) < 4.78 is 0. The Morgan fingerprint density at radius 3 is 1.83 bits per heavy atom. The third-order valence-corrected chi connectivity index (χ3v) is 0.591. The molecule has 0 aliphatic carbocycles. The van der Waals surface area contributed by atoms with Crippen molar-refractivity contribution in [3.63, 3.8) is 0 Å². The van der Waals surface area contributed by atoms with Gasteiger partial charge in [-0.25, -0.2) is 0 Å². The maximum atomic E-state index is 8.36. The second-order valence-corrected chi connectivity index (χ2v) is 1.26. The van der Waals surface area contributed by atoms with E-state index in [2.05, 4.69) is 0 Å². The average molecular weight is 82.1 g/mol. The van der Waals surface area contributed by atoms with Gasteiger partial charge in [0.1, 0.15) is 0 Å². The molecular formula is C4H11LiO. The van der Waals surface area contributed by atoms with E-state index in [9.17, 15) is 0 Å². The Bertz CT molecular complexity index is 21.5. The van der Waals surface area contributed by atoms with Gasteiger partial charge in [-0.1, -0.05) is 6.92 Å². The number of aliphatic hydroxyl groups is 1. The molecule has 0 aromatic carbocycles. The first-order valence-electron chi connectivity index (χ1n) is 1.95. The van der Waals surface area contributed by atoms with Gasteiger partial charge in [0.05, 0.1) is 6.10 Å². The minimum atomic E-state index is -0.116. The van der Waals surface area contributed by atoms with Gasteiger partial charge in [-0.15, -0.1) is 0 Å². The van der Waals surface area contributed by atoms with Crippen LogP contribution in [-0.4, -0.2) is 30.1 Å². The number of rotatable bonds is 1. The molecule has 1 atom stereocenters. The Kier molecular flexibility index (Phi) is 9.03. The van der Waals surface area contributed by atoms with Crippen molar-refractivity contribution in [2.45, 2.75) is 26.4 Å². The molecule has 0 saturated carbocycles. The van der Waals surface area contributed by atoms with Gasteiger partial charge in [-0.05, 0) is 13.3 Å². The molecule has 1 nitrogen and oxygen atoms in total. The SMILES string of the molecule is CC[C@@H](C)O.[LiH]. The minimum absolute atomic E-state index is 0. The van der Waals surface area contributed by atoms with Crippen LogP contribution in [0.5, 0.6) is 0 Å². The van der Waals surface area contributed by atoms with Crippen LogP contribution in [0.2, 0.25) is 0 Å². The van der Waals surface area contributed by atoms with Gasteiger partial charge >= 0.3 is 18.9 Å². The van der Waals surface area contributed by atoms with Crippen LogP contribution in [0.1, 0.15) is 20.3 Å². The molecule has 0 saturated heterocycles. The molecule has 0 unspecified atom stereocenters. The first kappa shape index (κ1) is 9.75. The molecule has 0 spiro atoms. The summed E-state index contributed by atoms with van der Waals surface area (Å²) >= 11 is 0. The van der Waals surface area contributed by atoms with Gasteiger partial charge in [-0.3, -0.25) is 0 Å². The molecule has 0 fully saturated rings. The molecule has 0 aliphatic heterocycles. The predicted octanol–water partition coefficient (Wildman–Crippen LogP) is 0.129. The van der Waals surface area contributed by atoms with Crippen LogP contribution < -0.4 is 0 Å². The molecular weight excluding hydrogens is 71.0 g/mol. The van der Waals surface area contributed by atoms with E-state index in [0.29, 0.717) is 0 Å². The Hall–Kier alpha value is 0.557. The van der Waals surface area contributed by atoms with E-state index in [-0.39, 0.29) is 25.0 Å². The van der Waals surface area contributed by atoms with Gasteiger partial charge in [-0.2, -0.15) is 0 Å². The molecule has 34 valence electrons. The van der Waals surface area contributed by atoms with E-state index >= 15 is 0 Å². The molecule has 0 aromatic heterocycles. The number of aliphatic hydroxyl groups excluding tert-OH is 1. The van der Waals surface area contributed by atoms with E-state index in [4.69, 9.17) is 5.11 Å². The fraction of sp³-hybridized carbons (Fsp3) is 1.00. The second-order valence-electron chi connectivity index (χ2n) is 1.26. The standard InChI is InChI=1S/C4H10O.Li.H/c1-3-4(2)5;;/h4-5H,3H2,1-2H3;;/t4-;;/m1../s1. The van der Waals surface area contributed by atoms with Crippen molar-refractivity contribution < 1.29 is 5.11 Å². The normalized spacial score (nSPS) is 12.5. The van der Waals surface area contributed by atoms with Gasteiger partial charge in [0.25, 0.3) is 0 Å². The van der Waals surface area contributed by atoms with Crippen molar-refractivity contribution in [2.75, 3.05) is 0 Å². The summed E-state index contributed by atoms with van der Waals surface area (Å²) in [5.74, 6) is 0. The van der Waals surface area contributed by atoms with Gasteiger partial charge in [0, 0.05) is 0 Å². The summed E-state index contributed by atoms with van der Waals surface area (Å²) in [7, 11) is 0. The van der Waals surface area contributed by atoms with Crippen LogP contribution in [0.3, 0.4) is 0 Å². The van der Waals surface area contributed by atoms with E-state index < -0.39 is 0 Å². The van der Waals surface area contributed by atoms with E-state index in [1.807, 2.05) is 6.92 Å². The zero-order valence-electron chi connectivity index (χ0n) is 3.73. The molecule has 0 bridgehead atoms. The van der Waals surface area contributed by atoms with Crippen LogP contribution in [0, 0.1) is 0 Å². The third-order valence-electron chi connectivity index (χ3n) is 0.591. The van der Waals surface area contributed by atoms with Crippen molar-refractivity contribution in [3.05, 3.63) is 0 Å². The summed E-state index contributed by atoms with van der Waals surface area (Å²) in [5.41, 5.74) is 0. The topological polar surface area (TPSA) is 20.2 Å². The molecule has 0 rings (SSSR count). The summed E-state index contributed by atoms with van der Waals surface area (Å²) in [6.07, 6.45) is 0.745. The fourth-order valence-corrected chi connectivity index (χ4v) is 0.